The molecule has 174 valence electrons. The molecule has 2 aromatic heterocycles. The SMILES string of the molecule is Cc1ccc(NC(=O)C2CCN(Cc3cnn(-c4ccccc4)c3-n3cccc3)CC2)c(C)c1. The minimum atomic E-state index is 0.0490. The Kier molecular flexibility index (Phi) is 6.32. The predicted molar refractivity (Wildman–Crippen MR) is 135 cm³/mol. The Hall–Kier alpha value is -3.64. The maximum atomic E-state index is 12.9. The van der Waals surface area contributed by atoms with E-state index in [2.05, 4.69) is 52.3 Å². The van der Waals surface area contributed by atoms with Crippen molar-refractivity contribution in [3.63, 3.8) is 0 Å². The van der Waals surface area contributed by atoms with Crippen molar-refractivity contribution < 1.29 is 4.79 Å². The number of nitrogens with zero attached hydrogens (tertiary/aromatic N) is 4. The number of rotatable bonds is 6. The maximum absolute atomic E-state index is 12.9. The van der Waals surface area contributed by atoms with Crippen molar-refractivity contribution in [2.45, 2.75) is 33.2 Å². The number of carbonyl (C=O) groups is 1. The van der Waals surface area contributed by atoms with Crippen LogP contribution >= 0.6 is 0 Å². The van der Waals surface area contributed by atoms with Crippen molar-refractivity contribution in [1.82, 2.24) is 19.2 Å². The Morgan fingerprint density at radius 1 is 1.00 bits per heavy atom. The molecule has 2 aromatic carbocycles. The first-order valence-electron chi connectivity index (χ1n) is 11.9. The van der Waals surface area contributed by atoms with Gasteiger partial charge < -0.3 is 9.88 Å². The molecular formula is C28H31N5O. The number of amides is 1. The highest BCUT2D eigenvalue weighted by atomic mass is 16.1. The summed E-state index contributed by atoms with van der Waals surface area (Å²) in [5, 5.41) is 7.86. The minimum absolute atomic E-state index is 0.0490. The average molecular weight is 454 g/mol. The van der Waals surface area contributed by atoms with Gasteiger partial charge in [0.1, 0.15) is 5.82 Å². The number of nitrogens with one attached hydrogen (secondary N) is 1. The molecule has 4 aromatic rings. The standard InChI is InChI=1S/C28H31N5O/c1-21-10-11-26(22(2)18-21)30-27(34)23-12-16-31(17-13-23)20-24-19-29-33(25-8-4-3-5-9-25)28(24)32-14-6-7-15-32/h3-11,14-15,18-19,23H,12-13,16-17,20H2,1-2H3,(H,30,34). The number of carbonyl (C=O) groups excluding carboxylic acids is 1. The number of hydrogen-bond donors (Lipinski definition) is 1. The van der Waals surface area contributed by atoms with Crippen molar-refractivity contribution in [1.29, 1.82) is 0 Å². The Balaban J connectivity index is 1.26. The average Bonchev–Trinajstić information content (AvgIpc) is 3.52. The van der Waals surface area contributed by atoms with Crippen LogP contribution in [0.25, 0.3) is 11.5 Å². The summed E-state index contributed by atoms with van der Waals surface area (Å²) in [5.41, 5.74) is 5.46. The summed E-state index contributed by atoms with van der Waals surface area (Å²) >= 11 is 0. The molecule has 0 bridgehead atoms. The molecule has 5 rings (SSSR count). The third-order valence-electron chi connectivity index (χ3n) is 6.66. The fourth-order valence-electron chi connectivity index (χ4n) is 4.78. The van der Waals surface area contributed by atoms with Crippen molar-refractivity contribution in [3.05, 3.63) is 95.9 Å². The molecule has 1 amide bonds. The van der Waals surface area contributed by atoms with Crippen LogP contribution in [0.4, 0.5) is 5.69 Å². The fraction of sp³-hybridized carbons (Fsp3) is 0.286. The van der Waals surface area contributed by atoms with Gasteiger partial charge in [-0.3, -0.25) is 9.69 Å². The summed E-state index contributed by atoms with van der Waals surface area (Å²) in [6.07, 6.45) is 7.82. The molecule has 0 radical (unpaired) electrons. The van der Waals surface area contributed by atoms with Crippen molar-refractivity contribution in [2.75, 3.05) is 18.4 Å². The van der Waals surface area contributed by atoms with E-state index >= 15 is 0 Å². The molecule has 0 unspecified atom stereocenters. The largest absolute Gasteiger partial charge is 0.326 e. The first kappa shape index (κ1) is 22.2. The fourth-order valence-corrected chi connectivity index (χ4v) is 4.78. The summed E-state index contributed by atoms with van der Waals surface area (Å²) < 4.78 is 4.12. The second-order valence-corrected chi connectivity index (χ2v) is 9.19. The molecule has 1 saturated heterocycles. The minimum Gasteiger partial charge on any atom is -0.326 e. The van der Waals surface area contributed by atoms with E-state index in [4.69, 9.17) is 5.10 Å². The first-order valence-corrected chi connectivity index (χ1v) is 11.9. The Morgan fingerprint density at radius 2 is 1.74 bits per heavy atom. The van der Waals surface area contributed by atoms with Gasteiger partial charge in [-0.15, -0.1) is 0 Å². The lowest BCUT2D eigenvalue weighted by Gasteiger charge is -2.31. The zero-order valence-electron chi connectivity index (χ0n) is 19.8. The topological polar surface area (TPSA) is 55.1 Å². The van der Waals surface area contributed by atoms with Gasteiger partial charge in [0.15, 0.2) is 0 Å². The van der Waals surface area contributed by atoms with Gasteiger partial charge in [-0.25, -0.2) is 4.68 Å². The van der Waals surface area contributed by atoms with Crippen LogP contribution in [0.3, 0.4) is 0 Å². The molecule has 0 aliphatic carbocycles. The highest BCUT2D eigenvalue weighted by Gasteiger charge is 2.26. The van der Waals surface area contributed by atoms with Gasteiger partial charge in [0.2, 0.25) is 5.91 Å². The van der Waals surface area contributed by atoms with Crippen LogP contribution in [0, 0.1) is 19.8 Å². The highest BCUT2D eigenvalue weighted by Crippen LogP contribution is 2.25. The van der Waals surface area contributed by atoms with Gasteiger partial charge in [0, 0.05) is 36.1 Å². The Labute approximate surface area is 200 Å². The highest BCUT2D eigenvalue weighted by molar-refractivity contribution is 5.93. The van der Waals surface area contributed by atoms with E-state index in [0.717, 1.165) is 55.2 Å². The molecule has 3 heterocycles. The van der Waals surface area contributed by atoms with E-state index in [1.165, 1.54) is 11.1 Å². The van der Waals surface area contributed by atoms with E-state index in [-0.39, 0.29) is 11.8 Å². The molecule has 1 fully saturated rings. The van der Waals surface area contributed by atoms with Gasteiger partial charge in [0.05, 0.1) is 11.9 Å². The number of aryl methyl sites for hydroxylation is 2. The zero-order valence-corrected chi connectivity index (χ0v) is 19.8. The van der Waals surface area contributed by atoms with E-state index in [0.29, 0.717) is 0 Å². The summed E-state index contributed by atoms with van der Waals surface area (Å²) in [4.78, 5) is 15.3. The molecule has 0 spiro atoms. The third kappa shape index (κ3) is 4.68. The van der Waals surface area contributed by atoms with Crippen LogP contribution in [0.1, 0.15) is 29.5 Å². The first-order chi connectivity index (χ1) is 16.6. The van der Waals surface area contributed by atoms with Crippen LogP contribution in [0.15, 0.2) is 79.3 Å². The second-order valence-electron chi connectivity index (χ2n) is 9.19. The molecule has 1 aliphatic rings. The predicted octanol–water partition coefficient (Wildman–Crippen LogP) is 5.13. The molecule has 0 saturated carbocycles. The molecule has 6 nitrogen and oxygen atoms in total. The quantitative estimate of drug-likeness (QED) is 0.440. The number of benzene rings is 2. The molecule has 1 aliphatic heterocycles. The van der Waals surface area contributed by atoms with Gasteiger partial charge in [-0.05, 0) is 75.7 Å². The number of aromatic nitrogens is 3. The van der Waals surface area contributed by atoms with Gasteiger partial charge >= 0.3 is 0 Å². The van der Waals surface area contributed by atoms with E-state index in [1.54, 1.807) is 0 Å². The molecule has 6 heteroatoms. The number of para-hydroxylation sites is 1. The normalized spacial score (nSPS) is 14.9. The maximum Gasteiger partial charge on any atom is 0.227 e. The van der Waals surface area contributed by atoms with Crippen molar-refractivity contribution in [2.24, 2.45) is 5.92 Å². The molecule has 0 atom stereocenters. The summed E-state index contributed by atoms with van der Waals surface area (Å²) in [6.45, 7) is 6.72. The van der Waals surface area contributed by atoms with E-state index < -0.39 is 0 Å². The van der Waals surface area contributed by atoms with Gasteiger partial charge in [-0.2, -0.15) is 5.10 Å². The molecule has 1 N–H and O–H groups in total. The number of hydrogen-bond acceptors (Lipinski definition) is 3. The van der Waals surface area contributed by atoms with Gasteiger partial charge in [0.25, 0.3) is 0 Å². The van der Waals surface area contributed by atoms with E-state index in [1.807, 2.05) is 60.3 Å². The monoisotopic (exact) mass is 453 g/mol. The van der Waals surface area contributed by atoms with E-state index in [9.17, 15) is 4.79 Å². The summed E-state index contributed by atoms with van der Waals surface area (Å²) in [6, 6.07) is 20.5. The van der Waals surface area contributed by atoms with Crippen LogP contribution < -0.4 is 5.32 Å². The van der Waals surface area contributed by atoms with Crippen LogP contribution in [-0.4, -0.2) is 38.2 Å². The Bertz CT molecular complexity index is 1250. The van der Waals surface area contributed by atoms with Crippen molar-refractivity contribution in [3.8, 4) is 11.5 Å². The lowest BCUT2D eigenvalue weighted by Crippen LogP contribution is -2.38. The van der Waals surface area contributed by atoms with Crippen LogP contribution in [0.2, 0.25) is 0 Å². The van der Waals surface area contributed by atoms with Crippen LogP contribution in [0.5, 0.6) is 0 Å². The lowest BCUT2D eigenvalue weighted by atomic mass is 9.95. The lowest BCUT2D eigenvalue weighted by molar-refractivity contribution is -0.121. The van der Waals surface area contributed by atoms with Crippen molar-refractivity contribution >= 4 is 11.6 Å². The Morgan fingerprint density at radius 3 is 2.44 bits per heavy atom. The number of piperidine rings is 1. The molecule has 34 heavy (non-hydrogen) atoms. The van der Waals surface area contributed by atoms with Crippen LogP contribution in [-0.2, 0) is 11.3 Å². The second kappa shape index (κ2) is 9.69. The summed E-state index contributed by atoms with van der Waals surface area (Å²) in [5.74, 6) is 1.25. The summed E-state index contributed by atoms with van der Waals surface area (Å²) in [7, 11) is 0. The smallest absolute Gasteiger partial charge is 0.227 e. The van der Waals surface area contributed by atoms with Gasteiger partial charge in [-0.1, -0.05) is 35.9 Å². The molecular weight excluding hydrogens is 422 g/mol. The number of likely N-dealkylation sites (tertiary alicyclic amines) is 1. The number of anilines is 1. The third-order valence-corrected chi connectivity index (χ3v) is 6.66. The zero-order chi connectivity index (χ0) is 23.5.